The Labute approximate surface area is 106 Å². The van der Waals surface area contributed by atoms with Crippen molar-refractivity contribution < 1.29 is 18.3 Å². The highest BCUT2D eigenvalue weighted by Gasteiger charge is 2.12. The molecule has 0 spiro atoms. The van der Waals surface area contributed by atoms with Crippen molar-refractivity contribution >= 4 is 22.7 Å². The molecule has 96 valence electrons. The van der Waals surface area contributed by atoms with E-state index in [1.54, 1.807) is 26.0 Å². The second kappa shape index (κ2) is 4.87. The van der Waals surface area contributed by atoms with Crippen LogP contribution in [0.15, 0.2) is 29.6 Å². The maximum absolute atomic E-state index is 11.4. The van der Waals surface area contributed by atoms with Gasteiger partial charge in [0, 0.05) is 0 Å². The van der Waals surface area contributed by atoms with E-state index in [-0.39, 0.29) is 16.9 Å². The third kappa shape index (κ3) is 2.41. The third-order valence-corrected chi connectivity index (χ3v) is 2.97. The summed E-state index contributed by atoms with van der Waals surface area (Å²) in [5, 5.41) is 0.132. The Bertz CT molecular complexity index is 621. The van der Waals surface area contributed by atoms with Crippen LogP contribution >= 0.6 is 0 Å². The first-order valence-electron chi connectivity index (χ1n) is 5.28. The molecule has 0 fully saturated rings. The second-order valence-corrected chi connectivity index (χ2v) is 4.93. The largest absolute Gasteiger partial charge is 0.425 e. The number of carbonyl (C=O) groups excluding carboxylic acids is 1. The zero-order valence-electron chi connectivity index (χ0n) is 9.86. The van der Waals surface area contributed by atoms with Gasteiger partial charge in [-0.25, -0.2) is 9.19 Å². The maximum Gasteiger partial charge on any atom is 0.313 e. The Balaban J connectivity index is 2.39. The molecule has 7 heteroatoms. The number of hydrogen-bond donors (Lipinski definition) is 1. The number of pyridine rings is 1. The fourth-order valence-electron chi connectivity index (χ4n) is 1.36. The van der Waals surface area contributed by atoms with Gasteiger partial charge in [0.05, 0.1) is 18.3 Å². The zero-order valence-corrected chi connectivity index (χ0v) is 10.7. The number of ether oxygens (including phenoxy) is 1. The predicted molar refractivity (Wildman–Crippen MR) is 64.7 cm³/mol. The molecule has 0 bridgehead atoms. The quantitative estimate of drug-likeness (QED) is 0.673. The van der Waals surface area contributed by atoms with Gasteiger partial charge >= 0.3 is 5.97 Å². The normalized spacial score (nSPS) is 12.9. The topological polar surface area (TPSA) is 80.9 Å². The van der Waals surface area contributed by atoms with Crippen LogP contribution in [0.3, 0.4) is 0 Å². The highest BCUT2D eigenvalue weighted by Crippen LogP contribution is 2.17. The van der Waals surface area contributed by atoms with Crippen LogP contribution in [0.2, 0.25) is 0 Å². The Morgan fingerprint density at radius 2 is 2.22 bits per heavy atom. The molecule has 2 aromatic rings. The Morgan fingerprint density at radius 3 is 2.83 bits per heavy atom. The van der Waals surface area contributed by atoms with Gasteiger partial charge in [0.15, 0.2) is 5.03 Å². The third-order valence-electron chi connectivity index (χ3n) is 2.31. The number of carbonyl (C=O) groups is 1. The van der Waals surface area contributed by atoms with Gasteiger partial charge in [-0.15, -0.1) is 0 Å². The van der Waals surface area contributed by atoms with Gasteiger partial charge in [0.2, 0.25) is 11.1 Å². The summed E-state index contributed by atoms with van der Waals surface area (Å²) in [4.78, 5) is 15.4. The summed E-state index contributed by atoms with van der Waals surface area (Å²) in [6, 6.07) is 3.20. The van der Waals surface area contributed by atoms with Crippen LogP contribution < -0.4 is 4.74 Å². The fourth-order valence-corrected chi connectivity index (χ4v) is 1.82. The van der Waals surface area contributed by atoms with Gasteiger partial charge < -0.3 is 9.29 Å². The first-order chi connectivity index (χ1) is 8.49. The molecule has 0 saturated heterocycles. The smallest absolute Gasteiger partial charge is 0.313 e. The average molecular weight is 268 g/mol. The van der Waals surface area contributed by atoms with Crippen molar-refractivity contribution in [3.05, 3.63) is 24.5 Å². The number of esters is 1. The van der Waals surface area contributed by atoms with Gasteiger partial charge in [-0.3, -0.25) is 9.20 Å². The zero-order chi connectivity index (χ0) is 13.3. The Morgan fingerprint density at radius 1 is 1.50 bits per heavy atom. The molecule has 0 aliphatic heterocycles. The van der Waals surface area contributed by atoms with Crippen molar-refractivity contribution in [3.63, 3.8) is 0 Å². The lowest BCUT2D eigenvalue weighted by atomic mass is 10.2. The molecule has 0 radical (unpaired) electrons. The van der Waals surface area contributed by atoms with E-state index in [9.17, 15) is 9.00 Å². The maximum atomic E-state index is 11.4. The monoisotopic (exact) mass is 268 g/mol. The number of fused-ring (bicyclic) bond motifs is 1. The molecule has 0 aliphatic carbocycles. The van der Waals surface area contributed by atoms with Crippen molar-refractivity contribution in [1.29, 1.82) is 0 Å². The van der Waals surface area contributed by atoms with Crippen LogP contribution in [-0.2, 0) is 15.9 Å². The number of aromatic nitrogens is 2. The first kappa shape index (κ1) is 12.7. The lowest BCUT2D eigenvalue weighted by molar-refractivity contribution is -0.137. The van der Waals surface area contributed by atoms with Gasteiger partial charge in [-0.05, 0) is 12.1 Å². The number of nitrogens with zero attached hydrogens (tertiary/aromatic N) is 2. The summed E-state index contributed by atoms with van der Waals surface area (Å²) in [6.45, 7) is 3.46. The molecule has 0 aromatic carbocycles. The lowest BCUT2D eigenvalue weighted by Gasteiger charge is -2.07. The number of hydrogen-bond acceptors (Lipinski definition) is 4. The molecule has 1 atom stereocenters. The lowest BCUT2D eigenvalue weighted by Crippen LogP contribution is -2.15. The van der Waals surface area contributed by atoms with E-state index in [0.717, 1.165) is 0 Å². The van der Waals surface area contributed by atoms with E-state index in [1.165, 1.54) is 16.8 Å². The molecule has 18 heavy (non-hydrogen) atoms. The molecule has 1 unspecified atom stereocenters. The Kier molecular flexibility index (Phi) is 3.44. The van der Waals surface area contributed by atoms with E-state index >= 15 is 0 Å². The molecule has 6 nitrogen and oxygen atoms in total. The van der Waals surface area contributed by atoms with E-state index in [0.29, 0.717) is 11.4 Å². The van der Waals surface area contributed by atoms with Crippen molar-refractivity contribution in [1.82, 2.24) is 9.38 Å². The second-order valence-electron chi connectivity index (χ2n) is 4.01. The molecule has 0 aliphatic rings. The minimum Gasteiger partial charge on any atom is -0.425 e. The van der Waals surface area contributed by atoms with Crippen molar-refractivity contribution in [3.8, 4) is 5.75 Å². The van der Waals surface area contributed by atoms with Gasteiger partial charge in [-0.2, -0.15) is 0 Å². The van der Waals surface area contributed by atoms with Crippen molar-refractivity contribution in [2.75, 3.05) is 0 Å². The summed E-state index contributed by atoms with van der Waals surface area (Å²) in [5.41, 5.74) is 0.511. The van der Waals surface area contributed by atoms with E-state index < -0.39 is 11.1 Å². The Hall–Kier alpha value is -1.73. The van der Waals surface area contributed by atoms with Crippen LogP contribution in [0.4, 0.5) is 0 Å². The fraction of sp³-hybridized carbons (Fsp3) is 0.273. The van der Waals surface area contributed by atoms with E-state index in [1.807, 2.05) is 0 Å². The summed E-state index contributed by atoms with van der Waals surface area (Å²) < 4.78 is 26.7. The standard InChI is InChI=1S/C11H12N2O4S/c1-7(2)11(14)17-8-3-4-9-12-5-10(18(15)16)13(9)6-8/h3-7H,1-2H3,(H,15,16). The average Bonchev–Trinajstić information content (AvgIpc) is 2.71. The minimum absolute atomic E-state index is 0.132. The van der Waals surface area contributed by atoms with Crippen molar-refractivity contribution in [2.45, 2.75) is 18.9 Å². The summed E-state index contributed by atoms with van der Waals surface area (Å²) in [6.07, 6.45) is 2.77. The highest BCUT2D eigenvalue weighted by atomic mass is 32.2. The number of rotatable bonds is 3. The van der Waals surface area contributed by atoms with Gasteiger partial charge in [-0.1, -0.05) is 13.8 Å². The molecule has 1 N–H and O–H groups in total. The summed E-state index contributed by atoms with van der Waals surface area (Å²) in [7, 11) is 0. The summed E-state index contributed by atoms with van der Waals surface area (Å²) in [5.74, 6) is -0.290. The minimum atomic E-state index is -2.14. The number of imidazole rings is 1. The molecule has 0 amide bonds. The van der Waals surface area contributed by atoms with Crippen LogP contribution in [0.25, 0.3) is 5.65 Å². The molecule has 2 rings (SSSR count). The van der Waals surface area contributed by atoms with Gasteiger partial charge in [0.1, 0.15) is 11.4 Å². The highest BCUT2D eigenvalue weighted by molar-refractivity contribution is 7.79. The van der Waals surface area contributed by atoms with E-state index in [4.69, 9.17) is 9.29 Å². The van der Waals surface area contributed by atoms with Crippen molar-refractivity contribution in [2.24, 2.45) is 5.92 Å². The van der Waals surface area contributed by atoms with Crippen LogP contribution in [0.1, 0.15) is 13.8 Å². The molecular weight excluding hydrogens is 256 g/mol. The molecule has 2 heterocycles. The van der Waals surface area contributed by atoms with Crippen LogP contribution in [0.5, 0.6) is 5.75 Å². The first-order valence-corrected chi connectivity index (χ1v) is 6.39. The van der Waals surface area contributed by atoms with Crippen LogP contribution in [0, 0.1) is 5.92 Å². The van der Waals surface area contributed by atoms with Crippen LogP contribution in [-0.4, -0.2) is 24.1 Å². The SMILES string of the molecule is CC(C)C(=O)Oc1ccc2ncc(S(=O)O)n2c1. The molecule has 0 saturated carbocycles. The van der Waals surface area contributed by atoms with E-state index in [2.05, 4.69) is 4.98 Å². The summed E-state index contributed by atoms with van der Waals surface area (Å²) >= 11 is -2.14. The predicted octanol–water partition coefficient (Wildman–Crippen LogP) is 1.48. The molecular formula is C11H12N2O4S. The van der Waals surface area contributed by atoms with Gasteiger partial charge in [0.25, 0.3) is 0 Å². The molecule has 2 aromatic heterocycles.